The number of aliphatic carboxylic acids is 1. The van der Waals surface area contributed by atoms with Gasteiger partial charge >= 0.3 is 12.1 Å². The lowest BCUT2D eigenvalue weighted by Crippen LogP contribution is -2.46. The van der Waals surface area contributed by atoms with E-state index in [-0.39, 0.29) is 23.8 Å². The maximum absolute atomic E-state index is 12.5. The first-order chi connectivity index (χ1) is 17.5. The monoisotopic (exact) mass is 521 g/mol. The third-order valence-corrected chi connectivity index (χ3v) is 5.43. The van der Waals surface area contributed by atoms with Crippen molar-refractivity contribution in [2.24, 2.45) is 11.7 Å². The number of carboxylic acids is 1. The Morgan fingerprint density at radius 3 is 2.22 bits per heavy atom. The fourth-order valence-corrected chi connectivity index (χ4v) is 3.19. The van der Waals surface area contributed by atoms with Gasteiger partial charge in [0.25, 0.3) is 0 Å². The van der Waals surface area contributed by atoms with Crippen molar-refractivity contribution in [3.05, 3.63) is 72.3 Å². The quantitative estimate of drug-likeness (QED) is 0.353. The first-order valence-corrected chi connectivity index (χ1v) is 11.5. The summed E-state index contributed by atoms with van der Waals surface area (Å²) in [4.78, 5) is 33.7. The van der Waals surface area contributed by atoms with Gasteiger partial charge in [-0.05, 0) is 61.4 Å². The maximum atomic E-state index is 12.5. The van der Waals surface area contributed by atoms with Crippen molar-refractivity contribution in [3.63, 3.8) is 0 Å². The minimum atomic E-state index is -5.08. The van der Waals surface area contributed by atoms with Gasteiger partial charge in [-0.15, -0.1) is 0 Å². The predicted molar refractivity (Wildman–Crippen MR) is 132 cm³/mol. The lowest BCUT2D eigenvalue weighted by molar-refractivity contribution is -0.192. The van der Waals surface area contributed by atoms with Crippen LogP contribution >= 0.6 is 0 Å². The van der Waals surface area contributed by atoms with E-state index in [1.54, 1.807) is 37.5 Å². The van der Waals surface area contributed by atoms with E-state index in [4.69, 9.17) is 20.4 Å². The second-order valence-corrected chi connectivity index (χ2v) is 8.38. The molecule has 0 radical (unpaired) electrons. The molecule has 0 aliphatic heterocycles. The number of aryl methyl sites for hydroxylation is 1. The summed E-state index contributed by atoms with van der Waals surface area (Å²) in [5, 5.41) is 12.9. The molecular formula is C26H30F3N3O5. The number of carbonyl (C=O) groups excluding carboxylic acids is 2. The van der Waals surface area contributed by atoms with Gasteiger partial charge in [-0.25, -0.2) is 4.79 Å². The van der Waals surface area contributed by atoms with Crippen molar-refractivity contribution in [1.29, 1.82) is 0 Å². The molecule has 0 aromatic heterocycles. The van der Waals surface area contributed by atoms with Gasteiger partial charge in [0.1, 0.15) is 5.75 Å². The minimum Gasteiger partial charge on any atom is -0.497 e. The van der Waals surface area contributed by atoms with Gasteiger partial charge < -0.3 is 26.2 Å². The Morgan fingerprint density at radius 2 is 1.70 bits per heavy atom. The number of carbonyl (C=O) groups is 3. The van der Waals surface area contributed by atoms with Crippen molar-refractivity contribution in [3.8, 4) is 5.75 Å². The molecule has 1 aliphatic carbocycles. The minimum absolute atomic E-state index is 0.157. The predicted octanol–water partition coefficient (Wildman–Crippen LogP) is 3.68. The number of ether oxygens (including phenoxy) is 1. The Bertz CT molecular complexity index is 1060. The molecule has 1 saturated carbocycles. The van der Waals surface area contributed by atoms with E-state index in [1.165, 1.54) is 11.6 Å². The van der Waals surface area contributed by atoms with Crippen LogP contribution in [0.15, 0.2) is 66.7 Å². The average Bonchev–Trinajstić information content (AvgIpc) is 3.71. The van der Waals surface area contributed by atoms with Crippen molar-refractivity contribution in [1.82, 2.24) is 5.32 Å². The van der Waals surface area contributed by atoms with Gasteiger partial charge in [0.2, 0.25) is 11.8 Å². The summed E-state index contributed by atoms with van der Waals surface area (Å²) in [5.41, 5.74) is 7.89. The van der Waals surface area contributed by atoms with Crippen LogP contribution in [0.1, 0.15) is 24.8 Å². The van der Waals surface area contributed by atoms with Gasteiger partial charge in [-0.2, -0.15) is 13.2 Å². The van der Waals surface area contributed by atoms with Gasteiger partial charge in [-0.1, -0.05) is 36.4 Å². The molecule has 3 rings (SSSR count). The maximum Gasteiger partial charge on any atom is 0.490 e. The number of methoxy groups -OCH3 is 1. The zero-order valence-electron chi connectivity index (χ0n) is 20.2. The highest BCUT2D eigenvalue weighted by molar-refractivity contribution is 5.99. The molecule has 8 nitrogen and oxygen atoms in total. The SMILES string of the molecule is COc1ccc(NC(=O)/C=C/[C@H](CCc2ccccc2)NC(=O)[C@@H](N)C2CC2)cc1.O=C(O)C(F)(F)F. The average molecular weight is 522 g/mol. The summed E-state index contributed by atoms with van der Waals surface area (Å²) < 4.78 is 36.9. The molecule has 1 fully saturated rings. The van der Waals surface area contributed by atoms with E-state index < -0.39 is 18.2 Å². The molecule has 0 unspecified atom stereocenters. The summed E-state index contributed by atoms with van der Waals surface area (Å²) >= 11 is 0. The Kier molecular flexibility index (Phi) is 11.1. The highest BCUT2D eigenvalue weighted by Gasteiger charge is 2.38. The van der Waals surface area contributed by atoms with Crippen LogP contribution in [-0.4, -0.2) is 48.3 Å². The Hall–Kier alpha value is -3.86. The van der Waals surface area contributed by atoms with E-state index in [1.807, 2.05) is 18.2 Å². The number of amides is 2. The Labute approximate surface area is 212 Å². The molecule has 0 heterocycles. The molecule has 11 heteroatoms. The van der Waals surface area contributed by atoms with Crippen molar-refractivity contribution in [2.75, 3.05) is 12.4 Å². The molecule has 2 aromatic rings. The van der Waals surface area contributed by atoms with Crippen LogP contribution in [0.2, 0.25) is 0 Å². The number of rotatable bonds is 10. The lowest BCUT2D eigenvalue weighted by atomic mass is 10.0. The van der Waals surface area contributed by atoms with Gasteiger partial charge in [0, 0.05) is 17.8 Å². The molecule has 37 heavy (non-hydrogen) atoms. The van der Waals surface area contributed by atoms with Gasteiger partial charge in [0.05, 0.1) is 13.2 Å². The summed E-state index contributed by atoms with van der Waals surface area (Å²) in [6.07, 6.45) is 1.59. The second kappa shape index (κ2) is 14.0. The lowest BCUT2D eigenvalue weighted by Gasteiger charge is -2.18. The Balaban J connectivity index is 0.000000604. The molecule has 2 atom stereocenters. The molecule has 0 spiro atoms. The van der Waals surface area contributed by atoms with Gasteiger partial charge in [0.15, 0.2) is 0 Å². The first kappa shape index (κ1) is 29.4. The molecule has 0 bridgehead atoms. The van der Waals surface area contributed by atoms with Crippen LogP contribution in [0.25, 0.3) is 0 Å². The number of hydrogen-bond donors (Lipinski definition) is 4. The number of alkyl halides is 3. The molecular weight excluding hydrogens is 491 g/mol. The van der Waals surface area contributed by atoms with Crippen LogP contribution in [-0.2, 0) is 20.8 Å². The van der Waals surface area contributed by atoms with Crippen LogP contribution in [0.3, 0.4) is 0 Å². The number of benzene rings is 2. The number of anilines is 1. The van der Waals surface area contributed by atoms with E-state index >= 15 is 0 Å². The number of carboxylic acid groups (broad SMARTS) is 1. The van der Waals surface area contributed by atoms with Crippen molar-refractivity contribution < 1.29 is 37.4 Å². The molecule has 0 saturated heterocycles. The summed E-state index contributed by atoms with van der Waals surface area (Å²) in [6.45, 7) is 0. The van der Waals surface area contributed by atoms with E-state index in [0.717, 1.165) is 25.0 Å². The number of nitrogens with two attached hydrogens (primary N) is 1. The number of hydrogen-bond acceptors (Lipinski definition) is 5. The van der Waals surface area contributed by atoms with Crippen molar-refractivity contribution >= 4 is 23.5 Å². The number of nitrogens with one attached hydrogen (secondary N) is 2. The molecule has 1 aliphatic rings. The highest BCUT2D eigenvalue weighted by atomic mass is 19.4. The third kappa shape index (κ3) is 11.2. The fraction of sp³-hybridized carbons (Fsp3) is 0.346. The van der Waals surface area contributed by atoms with E-state index in [9.17, 15) is 22.8 Å². The fourth-order valence-electron chi connectivity index (χ4n) is 3.19. The first-order valence-electron chi connectivity index (χ1n) is 11.5. The zero-order chi connectivity index (χ0) is 27.4. The molecule has 2 amide bonds. The van der Waals surface area contributed by atoms with E-state index in [0.29, 0.717) is 12.1 Å². The topological polar surface area (TPSA) is 131 Å². The van der Waals surface area contributed by atoms with Crippen LogP contribution in [0, 0.1) is 5.92 Å². The smallest absolute Gasteiger partial charge is 0.490 e. The van der Waals surface area contributed by atoms with Crippen molar-refractivity contribution in [2.45, 2.75) is 43.9 Å². The van der Waals surface area contributed by atoms with E-state index in [2.05, 4.69) is 22.8 Å². The Morgan fingerprint density at radius 1 is 1.11 bits per heavy atom. The molecule has 5 N–H and O–H groups in total. The van der Waals surface area contributed by atoms with Crippen LogP contribution < -0.4 is 21.1 Å². The standard InChI is InChI=1S/C24H29N3O3.C2HF3O2/c1-30-21-14-11-19(12-15-21)26-22(28)16-13-20(10-7-17-5-3-2-4-6-17)27-24(29)23(25)18-8-9-18;3-2(4,5)1(6)7/h2-6,11-16,18,20,23H,7-10,25H2,1H3,(H,26,28)(H,27,29);(H,6,7)/b16-13+;/t20-,23-;/m0./s1. The highest BCUT2D eigenvalue weighted by Crippen LogP contribution is 2.31. The molecule has 2 aromatic carbocycles. The normalized spacial score (nSPS) is 14.6. The van der Waals surface area contributed by atoms with Gasteiger partial charge in [-0.3, -0.25) is 9.59 Å². The second-order valence-electron chi connectivity index (χ2n) is 8.38. The van der Waals surface area contributed by atoms with Crippen LogP contribution in [0.5, 0.6) is 5.75 Å². The summed E-state index contributed by atoms with van der Waals surface area (Å²) in [5.74, 6) is -2.17. The zero-order valence-corrected chi connectivity index (χ0v) is 20.2. The molecule has 200 valence electrons. The van der Waals surface area contributed by atoms with Crippen LogP contribution in [0.4, 0.5) is 18.9 Å². The summed E-state index contributed by atoms with van der Waals surface area (Å²) in [6, 6.07) is 16.4. The largest absolute Gasteiger partial charge is 0.497 e. The summed E-state index contributed by atoms with van der Waals surface area (Å²) in [7, 11) is 1.59. The number of halogens is 3. The third-order valence-electron chi connectivity index (χ3n) is 5.43.